The van der Waals surface area contributed by atoms with Crippen molar-refractivity contribution in [2.45, 2.75) is 32.5 Å². The highest BCUT2D eigenvalue weighted by atomic mass is 16.3. The summed E-state index contributed by atoms with van der Waals surface area (Å²) < 4.78 is 5.06. The summed E-state index contributed by atoms with van der Waals surface area (Å²) in [6, 6.07) is 3.56. The summed E-state index contributed by atoms with van der Waals surface area (Å²) in [5.41, 5.74) is 0. The molecule has 0 aliphatic carbocycles. The van der Waals surface area contributed by atoms with Gasteiger partial charge in [-0.15, -0.1) is 0 Å². The van der Waals surface area contributed by atoms with Gasteiger partial charge in [-0.05, 0) is 18.1 Å². The van der Waals surface area contributed by atoms with Crippen LogP contribution in [0.5, 0.6) is 0 Å². The molecular weight excluding hydrogens is 168 g/mol. The minimum atomic E-state index is -0.744. The average molecular weight is 184 g/mol. The minimum absolute atomic E-state index is 0.0602. The van der Waals surface area contributed by atoms with Crippen molar-refractivity contribution in [2.75, 3.05) is 0 Å². The first-order chi connectivity index (χ1) is 6.11. The summed E-state index contributed by atoms with van der Waals surface area (Å²) >= 11 is 0. The topological polar surface area (TPSA) is 53.6 Å². The molecule has 13 heavy (non-hydrogen) atoms. The zero-order chi connectivity index (χ0) is 9.84. The highest BCUT2D eigenvalue weighted by Crippen LogP contribution is 2.12. The molecule has 3 heteroatoms. The zero-order valence-electron chi connectivity index (χ0n) is 7.97. The number of rotatable bonds is 4. The van der Waals surface area contributed by atoms with Gasteiger partial charge in [-0.1, -0.05) is 13.8 Å². The Labute approximate surface area is 78.0 Å². The Balaban J connectivity index is 2.45. The van der Waals surface area contributed by atoms with Crippen LogP contribution in [-0.4, -0.2) is 22.4 Å². The first kappa shape index (κ1) is 10.3. The van der Waals surface area contributed by atoms with Crippen molar-refractivity contribution in [3.05, 3.63) is 24.2 Å². The summed E-state index contributed by atoms with van der Waals surface area (Å²) in [7, 11) is 0. The molecule has 0 saturated carbocycles. The molecule has 0 aliphatic rings. The number of furan rings is 1. The molecule has 1 heterocycles. The maximum atomic E-state index is 9.55. The monoisotopic (exact) mass is 184 g/mol. The third kappa shape index (κ3) is 2.86. The maximum absolute atomic E-state index is 9.55. The van der Waals surface area contributed by atoms with E-state index in [1.807, 2.05) is 13.8 Å². The highest BCUT2D eigenvalue weighted by Gasteiger charge is 2.20. The first-order valence-corrected chi connectivity index (χ1v) is 4.49. The molecule has 1 rings (SSSR count). The fraction of sp³-hybridized carbons (Fsp3) is 0.600. The molecule has 0 spiro atoms. The van der Waals surface area contributed by atoms with Crippen LogP contribution in [0.1, 0.15) is 19.6 Å². The second-order valence-electron chi connectivity index (χ2n) is 3.59. The summed E-state index contributed by atoms with van der Waals surface area (Å²) in [4.78, 5) is 0. The smallest absolute Gasteiger partial charge is 0.106 e. The molecule has 2 N–H and O–H groups in total. The molecule has 2 atom stereocenters. The van der Waals surface area contributed by atoms with Gasteiger partial charge >= 0.3 is 0 Å². The average Bonchev–Trinajstić information content (AvgIpc) is 2.55. The van der Waals surface area contributed by atoms with E-state index in [1.165, 1.54) is 0 Å². The van der Waals surface area contributed by atoms with E-state index in [9.17, 15) is 10.2 Å². The normalized spacial score (nSPS) is 16.1. The van der Waals surface area contributed by atoms with Gasteiger partial charge in [0.1, 0.15) is 5.76 Å². The zero-order valence-corrected chi connectivity index (χ0v) is 7.97. The molecule has 74 valence electrons. The highest BCUT2D eigenvalue weighted by molar-refractivity contribution is 5.00. The van der Waals surface area contributed by atoms with Crippen molar-refractivity contribution in [1.82, 2.24) is 0 Å². The quantitative estimate of drug-likeness (QED) is 0.739. The van der Waals surface area contributed by atoms with E-state index in [0.717, 1.165) is 0 Å². The molecule has 0 bridgehead atoms. The first-order valence-electron chi connectivity index (χ1n) is 4.49. The Hall–Kier alpha value is -0.800. The van der Waals surface area contributed by atoms with Gasteiger partial charge in [-0.2, -0.15) is 0 Å². The van der Waals surface area contributed by atoms with E-state index in [0.29, 0.717) is 12.2 Å². The van der Waals surface area contributed by atoms with Gasteiger partial charge in [-0.25, -0.2) is 0 Å². The van der Waals surface area contributed by atoms with Crippen molar-refractivity contribution < 1.29 is 14.6 Å². The van der Waals surface area contributed by atoms with E-state index < -0.39 is 12.2 Å². The molecule has 3 nitrogen and oxygen atoms in total. The fourth-order valence-corrected chi connectivity index (χ4v) is 1.20. The van der Waals surface area contributed by atoms with Crippen LogP contribution in [0, 0.1) is 5.92 Å². The van der Waals surface area contributed by atoms with Crippen molar-refractivity contribution in [3.63, 3.8) is 0 Å². The number of hydrogen-bond donors (Lipinski definition) is 2. The van der Waals surface area contributed by atoms with E-state index >= 15 is 0 Å². The van der Waals surface area contributed by atoms with Crippen LogP contribution >= 0.6 is 0 Å². The maximum Gasteiger partial charge on any atom is 0.106 e. The van der Waals surface area contributed by atoms with Gasteiger partial charge in [-0.3, -0.25) is 0 Å². The lowest BCUT2D eigenvalue weighted by Gasteiger charge is -2.19. The molecule has 1 aromatic heterocycles. The van der Waals surface area contributed by atoms with Crippen LogP contribution in [0.4, 0.5) is 0 Å². The Morgan fingerprint density at radius 1 is 1.38 bits per heavy atom. The number of aliphatic hydroxyl groups excluding tert-OH is 2. The lowest BCUT2D eigenvalue weighted by atomic mass is 9.99. The summed E-state index contributed by atoms with van der Waals surface area (Å²) in [5.74, 6) is 0.761. The Morgan fingerprint density at radius 2 is 2.08 bits per heavy atom. The second-order valence-corrected chi connectivity index (χ2v) is 3.59. The summed E-state index contributed by atoms with van der Waals surface area (Å²) in [5, 5.41) is 19.1. The van der Waals surface area contributed by atoms with Crippen LogP contribution in [0.3, 0.4) is 0 Å². The molecule has 0 fully saturated rings. The molecule has 2 unspecified atom stereocenters. The van der Waals surface area contributed by atoms with Crippen molar-refractivity contribution >= 4 is 0 Å². The van der Waals surface area contributed by atoms with Gasteiger partial charge in [0, 0.05) is 6.42 Å². The van der Waals surface area contributed by atoms with Crippen LogP contribution in [0.25, 0.3) is 0 Å². The summed E-state index contributed by atoms with van der Waals surface area (Å²) in [6.45, 7) is 3.74. The Kier molecular flexibility index (Phi) is 3.51. The molecule has 0 radical (unpaired) electrons. The van der Waals surface area contributed by atoms with Crippen LogP contribution in [-0.2, 0) is 6.42 Å². The lowest BCUT2D eigenvalue weighted by molar-refractivity contribution is -0.00965. The standard InChI is InChI=1S/C10H16O3/c1-7(2)10(12)9(11)6-8-4-3-5-13-8/h3-5,7,9-12H,6H2,1-2H3. The van der Waals surface area contributed by atoms with Gasteiger partial charge in [0.15, 0.2) is 0 Å². The van der Waals surface area contributed by atoms with Gasteiger partial charge in [0.2, 0.25) is 0 Å². The van der Waals surface area contributed by atoms with Crippen molar-refractivity contribution in [1.29, 1.82) is 0 Å². The molecule has 0 aliphatic heterocycles. The number of hydrogen-bond acceptors (Lipinski definition) is 3. The summed E-state index contributed by atoms with van der Waals surface area (Å²) in [6.07, 6.45) is 0.493. The van der Waals surface area contributed by atoms with Gasteiger partial charge in [0.25, 0.3) is 0 Å². The van der Waals surface area contributed by atoms with Crippen LogP contribution < -0.4 is 0 Å². The third-order valence-corrected chi connectivity index (χ3v) is 2.07. The van der Waals surface area contributed by atoms with E-state index in [-0.39, 0.29) is 5.92 Å². The van der Waals surface area contributed by atoms with E-state index in [2.05, 4.69) is 0 Å². The number of aliphatic hydroxyl groups is 2. The SMILES string of the molecule is CC(C)C(O)C(O)Cc1ccco1. The predicted octanol–water partition coefficient (Wildman–Crippen LogP) is 1.20. The fourth-order valence-electron chi connectivity index (χ4n) is 1.20. The molecular formula is C10H16O3. The van der Waals surface area contributed by atoms with Crippen molar-refractivity contribution in [3.8, 4) is 0 Å². The third-order valence-electron chi connectivity index (χ3n) is 2.07. The molecule has 0 amide bonds. The van der Waals surface area contributed by atoms with E-state index in [4.69, 9.17) is 4.42 Å². The molecule has 0 saturated heterocycles. The molecule has 1 aromatic rings. The van der Waals surface area contributed by atoms with Crippen molar-refractivity contribution in [2.24, 2.45) is 5.92 Å². The lowest BCUT2D eigenvalue weighted by Crippen LogP contribution is -2.32. The van der Waals surface area contributed by atoms with E-state index in [1.54, 1.807) is 18.4 Å². The Morgan fingerprint density at radius 3 is 2.54 bits per heavy atom. The van der Waals surface area contributed by atoms with Gasteiger partial charge in [0.05, 0.1) is 18.5 Å². The Bertz CT molecular complexity index is 228. The van der Waals surface area contributed by atoms with Gasteiger partial charge < -0.3 is 14.6 Å². The molecule has 0 aromatic carbocycles. The van der Waals surface area contributed by atoms with Crippen LogP contribution in [0.2, 0.25) is 0 Å². The second kappa shape index (κ2) is 4.44. The predicted molar refractivity (Wildman–Crippen MR) is 49.3 cm³/mol. The minimum Gasteiger partial charge on any atom is -0.469 e. The van der Waals surface area contributed by atoms with Crippen LogP contribution in [0.15, 0.2) is 22.8 Å². The largest absolute Gasteiger partial charge is 0.469 e.